The molecule has 0 N–H and O–H groups in total. The smallest absolute Gasteiger partial charge is 0.143 e. The van der Waals surface area contributed by atoms with Crippen molar-refractivity contribution in [3.63, 3.8) is 0 Å². The van der Waals surface area contributed by atoms with Crippen molar-refractivity contribution in [2.75, 3.05) is 0 Å². The molecule has 2 heteroatoms. The van der Waals surface area contributed by atoms with E-state index in [0.717, 1.165) is 5.56 Å². The van der Waals surface area contributed by atoms with Gasteiger partial charge in [-0.3, -0.25) is 0 Å². The summed E-state index contributed by atoms with van der Waals surface area (Å²) < 4.78 is 0. The molecule has 1 aromatic heterocycles. The molecule has 0 saturated heterocycles. The van der Waals surface area contributed by atoms with Gasteiger partial charge in [0.25, 0.3) is 0 Å². The molecule has 2 nitrogen and oxygen atoms in total. The second-order valence-corrected chi connectivity index (χ2v) is 3.61. The Hall–Kier alpha value is -1.36. The molecule has 80 valence electrons. The fourth-order valence-electron chi connectivity index (χ4n) is 1.82. The average Bonchev–Trinajstić information content (AvgIpc) is 2.21. The van der Waals surface area contributed by atoms with Crippen molar-refractivity contribution in [2.24, 2.45) is 0 Å². The summed E-state index contributed by atoms with van der Waals surface area (Å²) in [6.07, 6.45) is 5.62. The standard InChI is InChI=1S/C11H12N2.C2H6/c1-8-10(9-3-2-4-9)5-6-13-11(8)7-12;1-2/h5-6,9H,2-4H2,1H3;1-2H3. The van der Waals surface area contributed by atoms with Crippen molar-refractivity contribution in [3.8, 4) is 6.07 Å². The summed E-state index contributed by atoms with van der Waals surface area (Å²) in [5.74, 6) is 0.690. The van der Waals surface area contributed by atoms with Crippen LogP contribution in [0.25, 0.3) is 0 Å². The van der Waals surface area contributed by atoms with Crippen LogP contribution in [0, 0.1) is 18.3 Å². The Bertz CT molecular complexity index is 359. The van der Waals surface area contributed by atoms with Crippen LogP contribution in [0.5, 0.6) is 0 Å². The van der Waals surface area contributed by atoms with Gasteiger partial charge in [0, 0.05) is 6.20 Å². The molecular weight excluding hydrogens is 184 g/mol. The molecule has 0 unspecified atom stereocenters. The number of pyridine rings is 1. The van der Waals surface area contributed by atoms with Gasteiger partial charge in [-0.15, -0.1) is 0 Å². The molecule has 0 spiro atoms. The quantitative estimate of drug-likeness (QED) is 0.698. The molecule has 15 heavy (non-hydrogen) atoms. The monoisotopic (exact) mass is 202 g/mol. The van der Waals surface area contributed by atoms with Crippen LogP contribution >= 0.6 is 0 Å². The Morgan fingerprint density at radius 3 is 2.53 bits per heavy atom. The van der Waals surface area contributed by atoms with Gasteiger partial charge in [-0.05, 0) is 42.9 Å². The highest BCUT2D eigenvalue weighted by Crippen LogP contribution is 2.37. The summed E-state index contributed by atoms with van der Waals surface area (Å²) in [5, 5.41) is 8.80. The summed E-state index contributed by atoms with van der Waals surface area (Å²) in [5.41, 5.74) is 3.00. The van der Waals surface area contributed by atoms with Gasteiger partial charge >= 0.3 is 0 Å². The van der Waals surface area contributed by atoms with E-state index in [1.165, 1.54) is 24.8 Å². The van der Waals surface area contributed by atoms with Crippen LogP contribution < -0.4 is 0 Å². The number of hydrogen-bond donors (Lipinski definition) is 0. The summed E-state index contributed by atoms with van der Waals surface area (Å²) in [6, 6.07) is 4.18. The number of hydrogen-bond acceptors (Lipinski definition) is 2. The first-order valence-electron chi connectivity index (χ1n) is 5.68. The zero-order valence-corrected chi connectivity index (χ0v) is 9.75. The Balaban J connectivity index is 0.000000531. The van der Waals surface area contributed by atoms with Gasteiger partial charge in [0.15, 0.2) is 0 Å². The minimum Gasteiger partial charge on any atom is -0.245 e. The zero-order valence-electron chi connectivity index (χ0n) is 9.75. The third kappa shape index (κ3) is 2.36. The van der Waals surface area contributed by atoms with Crippen LogP contribution in [0.3, 0.4) is 0 Å². The molecular formula is C13H18N2. The molecule has 1 saturated carbocycles. The van der Waals surface area contributed by atoms with Crippen molar-refractivity contribution < 1.29 is 0 Å². The Kier molecular flexibility index (Phi) is 4.30. The van der Waals surface area contributed by atoms with Crippen LogP contribution in [-0.4, -0.2) is 4.98 Å². The first kappa shape index (κ1) is 11.7. The van der Waals surface area contributed by atoms with E-state index in [-0.39, 0.29) is 0 Å². The second kappa shape index (κ2) is 5.50. The molecule has 0 aliphatic heterocycles. The number of aromatic nitrogens is 1. The van der Waals surface area contributed by atoms with Gasteiger partial charge in [0.05, 0.1) is 0 Å². The Morgan fingerprint density at radius 1 is 1.40 bits per heavy atom. The average molecular weight is 202 g/mol. The van der Waals surface area contributed by atoms with Crippen molar-refractivity contribution in [2.45, 2.75) is 46.0 Å². The Morgan fingerprint density at radius 2 is 2.07 bits per heavy atom. The fraction of sp³-hybridized carbons (Fsp3) is 0.538. The molecule has 0 bridgehead atoms. The lowest BCUT2D eigenvalue weighted by molar-refractivity contribution is 0.418. The van der Waals surface area contributed by atoms with Crippen molar-refractivity contribution in [1.82, 2.24) is 4.98 Å². The summed E-state index contributed by atoms with van der Waals surface area (Å²) in [6.45, 7) is 6.00. The maximum absolute atomic E-state index is 8.80. The van der Waals surface area contributed by atoms with E-state index in [9.17, 15) is 0 Å². The molecule has 0 atom stereocenters. The number of nitrogens with zero attached hydrogens (tertiary/aromatic N) is 2. The Labute approximate surface area is 92.0 Å². The van der Waals surface area contributed by atoms with E-state index in [0.29, 0.717) is 11.6 Å². The number of nitriles is 1. The summed E-state index contributed by atoms with van der Waals surface area (Å²) in [7, 11) is 0. The third-order valence-corrected chi connectivity index (χ3v) is 2.90. The van der Waals surface area contributed by atoms with Gasteiger partial charge < -0.3 is 0 Å². The van der Waals surface area contributed by atoms with Crippen LogP contribution in [-0.2, 0) is 0 Å². The maximum Gasteiger partial charge on any atom is 0.143 e. The highest BCUT2D eigenvalue weighted by molar-refractivity contribution is 5.38. The highest BCUT2D eigenvalue weighted by Gasteiger charge is 2.21. The van der Waals surface area contributed by atoms with Crippen LogP contribution in [0.1, 0.15) is 55.8 Å². The lowest BCUT2D eigenvalue weighted by Gasteiger charge is -2.27. The van der Waals surface area contributed by atoms with E-state index in [4.69, 9.17) is 5.26 Å². The second-order valence-electron chi connectivity index (χ2n) is 3.61. The van der Waals surface area contributed by atoms with Crippen molar-refractivity contribution in [1.29, 1.82) is 5.26 Å². The third-order valence-electron chi connectivity index (χ3n) is 2.90. The molecule has 0 radical (unpaired) electrons. The molecule has 1 aliphatic rings. The number of rotatable bonds is 1. The highest BCUT2D eigenvalue weighted by atomic mass is 14.7. The van der Waals surface area contributed by atoms with E-state index in [2.05, 4.69) is 17.1 Å². The molecule has 0 amide bonds. The fourth-order valence-corrected chi connectivity index (χ4v) is 1.82. The van der Waals surface area contributed by atoms with E-state index < -0.39 is 0 Å². The lowest BCUT2D eigenvalue weighted by atomic mass is 9.78. The predicted octanol–water partition coefficient (Wildman–Crippen LogP) is 3.56. The minimum absolute atomic E-state index is 0.587. The van der Waals surface area contributed by atoms with Gasteiger partial charge in [-0.2, -0.15) is 5.26 Å². The van der Waals surface area contributed by atoms with Crippen molar-refractivity contribution >= 4 is 0 Å². The molecule has 1 fully saturated rings. The SMILES string of the molecule is CC.Cc1c(C2CCC2)ccnc1C#N. The summed E-state index contributed by atoms with van der Waals surface area (Å²) in [4.78, 5) is 4.04. The lowest BCUT2D eigenvalue weighted by Crippen LogP contribution is -2.11. The van der Waals surface area contributed by atoms with Crippen LogP contribution in [0.15, 0.2) is 12.3 Å². The van der Waals surface area contributed by atoms with Gasteiger partial charge in [0.1, 0.15) is 11.8 Å². The first-order valence-corrected chi connectivity index (χ1v) is 5.68. The summed E-state index contributed by atoms with van der Waals surface area (Å²) >= 11 is 0. The van der Waals surface area contributed by atoms with Gasteiger partial charge in [0.2, 0.25) is 0 Å². The predicted molar refractivity (Wildman–Crippen MR) is 61.6 cm³/mol. The van der Waals surface area contributed by atoms with E-state index in [1.54, 1.807) is 6.20 Å². The van der Waals surface area contributed by atoms with E-state index >= 15 is 0 Å². The van der Waals surface area contributed by atoms with Gasteiger partial charge in [-0.1, -0.05) is 20.3 Å². The molecule has 2 rings (SSSR count). The van der Waals surface area contributed by atoms with Crippen molar-refractivity contribution in [3.05, 3.63) is 29.1 Å². The van der Waals surface area contributed by atoms with Crippen LogP contribution in [0.4, 0.5) is 0 Å². The largest absolute Gasteiger partial charge is 0.245 e. The molecule has 0 aromatic carbocycles. The molecule has 1 aromatic rings. The molecule has 1 heterocycles. The maximum atomic E-state index is 8.80. The van der Waals surface area contributed by atoms with Gasteiger partial charge in [-0.25, -0.2) is 4.98 Å². The molecule has 1 aliphatic carbocycles. The minimum atomic E-state index is 0.587. The normalized spacial score (nSPS) is 14.5. The topological polar surface area (TPSA) is 36.7 Å². The van der Waals surface area contributed by atoms with Crippen LogP contribution in [0.2, 0.25) is 0 Å². The zero-order chi connectivity index (χ0) is 11.3. The first-order chi connectivity index (χ1) is 7.33. The van der Waals surface area contributed by atoms with E-state index in [1.807, 2.05) is 20.8 Å².